The molecule has 2 aromatic rings. The summed E-state index contributed by atoms with van der Waals surface area (Å²) in [5.74, 6) is 0.143. The molecule has 1 heterocycles. The molecule has 4 heteroatoms. The molecule has 0 radical (unpaired) electrons. The first-order chi connectivity index (χ1) is 8.15. The van der Waals surface area contributed by atoms with Crippen molar-refractivity contribution in [3.05, 3.63) is 53.7 Å². The van der Waals surface area contributed by atoms with Crippen LogP contribution in [0, 0.1) is 6.92 Å². The Kier molecular flexibility index (Phi) is 3.05. The normalized spacial score (nSPS) is 9.94. The second-order valence-corrected chi connectivity index (χ2v) is 3.79. The molecule has 0 spiro atoms. The highest BCUT2D eigenvalue weighted by molar-refractivity contribution is 6.04. The quantitative estimate of drug-likeness (QED) is 0.826. The largest absolute Gasteiger partial charge is 0.384 e. The minimum atomic E-state index is -0.192. The topological polar surface area (TPSA) is 68.0 Å². The number of rotatable bonds is 2. The summed E-state index contributed by atoms with van der Waals surface area (Å²) >= 11 is 0. The molecule has 0 unspecified atom stereocenters. The van der Waals surface area contributed by atoms with Gasteiger partial charge in [-0.1, -0.05) is 17.7 Å². The van der Waals surface area contributed by atoms with Crippen LogP contribution < -0.4 is 11.1 Å². The molecule has 2 rings (SSSR count). The Labute approximate surface area is 99.5 Å². The summed E-state index contributed by atoms with van der Waals surface area (Å²) in [6.45, 7) is 2.00. The molecule has 17 heavy (non-hydrogen) atoms. The molecule has 0 saturated carbocycles. The number of nitrogen functional groups attached to an aromatic ring is 1. The van der Waals surface area contributed by atoms with Crippen LogP contribution in [-0.4, -0.2) is 10.9 Å². The number of nitrogens with zero attached hydrogens (tertiary/aromatic N) is 1. The van der Waals surface area contributed by atoms with E-state index in [0.29, 0.717) is 11.4 Å². The Morgan fingerprint density at radius 2 is 1.94 bits per heavy atom. The molecule has 1 aromatic carbocycles. The van der Waals surface area contributed by atoms with Crippen LogP contribution in [0.3, 0.4) is 0 Å². The van der Waals surface area contributed by atoms with Gasteiger partial charge in [0, 0.05) is 17.4 Å². The Bertz CT molecular complexity index is 535. The summed E-state index contributed by atoms with van der Waals surface area (Å²) in [4.78, 5) is 15.7. The van der Waals surface area contributed by atoms with Gasteiger partial charge in [0.2, 0.25) is 0 Å². The van der Waals surface area contributed by atoms with Gasteiger partial charge in [0.15, 0.2) is 0 Å². The van der Waals surface area contributed by atoms with Crippen molar-refractivity contribution < 1.29 is 4.79 Å². The van der Waals surface area contributed by atoms with Gasteiger partial charge < -0.3 is 11.1 Å². The van der Waals surface area contributed by atoms with Crippen molar-refractivity contribution in [1.29, 1.82) is 0 Å². The zero-order valence-corrected chi connectivity index (χ0v) is 9.47. The maximum atomic E-state index is 11.9. The van der Waals surface area contributed by atoms with Gasteiger partial charge in [-0.2, -0.15) is 0 Å². The van der Waals surface area contributed by atoms with Crippen LogP contribution in [0.25, 0.3) is 0 Å². The fraction of sp³-hybridized carbons (Fsp3) is 0.0769. The molecule has 0 aliphatic carbocycles. The van der Waals surface area contributed by atoms with Crippen LogP contribution in [0.15, 0.2) is 42.6 Å². The number of nitrogens with two attached hydrogens (primary N) is 1. The van der Waals surface area contributed by atoms with Gasteiger partial charge in [0.1, 0.15) is 5.82 Å². The van der Waals surface area contributed by atoms with E-state index in [1.165, 1.54) is 6.20 Å². The highest BCUT2D eigenvalue weighted by Gasteiger charge is 2.06. The maximum absolute atomic E-state index is 11.9. The molecule has 3 N–H and O–H groups in total. The van der Waals surface area contributed by atoms with Crippen LogP contribution in [0.5, 0.6) is 0 Å². The van der Waals surface area contributed by atoms with Gasteiger partial charge in [-0.3, -0.25) is 4.79 Å². The third-order valence-electron chi connectivity index (χ3n) is 2.35. The zero-order chi connectivity index (χ0) is 12.3. The molecule has 4 nitrogen and oxygen atoms in total. The molecule has 86 valence electrons. The fourth-order valence-electron chi connectivity index (χ4n) is 1.43. The number of pyridine rings is 1. The van der Waals surface area contributed by atoms with E-state index in [4.69, 9.17) is 5.73 Å². The molecule has 1 aromatic heterocycles. The summed E-state index contributed by atoms with van der Waals surface area (Å²) in [6, 6.07) is 10.8. The van der Waals surface area contributed by atoms with Crippen LogP contribution in [0.2, 0.25) is 0 Å². The van der Waals surface area contributed by atoms with Crippen molar-refractivity contribution in [2.45, 2.75) is 6.92 Å². The lowest BCUT2D eigenvalue weighted by atomic mass is 10.2. The standard InChI is InChI=1S/C13H13N3O/c1-9-2-4-11(5-3-9)16-13(17)10-6-7-15-12(14)8-10/h2-8H,1H3,(H2,14,15)(H,16,17). The SMILES string of the molecule is Cc1ccc(NC(=O)c2ccnc(N)c2)cc1. The first kappa shape index (κ1) is 11.1. The lowest BCUT2D eigenvalue weighted by molar-refractivity contribution is 0.102. The highest BCUT2D eigenvalue weighted by atomic mass is 16.1. The number of carbonyl (C=O) groups excluding carboxylic acids is 1. The van der Waals surface area contributed by atoms with Gasteiger partial charge >= 0.3 is 0 Å². The van der Waals surface area contributed by atoms with Crippen LogP contribution in [-0.2, 0) is 0 Å². The third-order valence-corrected chi connectivity index (χ3v) is 2.35. The second-order valence-electron chi connectivity index (χ2n) is 3.79. The molecule has 0 aliphatic rings. The van der Waals surface area contributed by atoms with Crippen molar-refractivity contribution >= 4 is 17.4 Å². The third kappa shape index (κ3) is 2.81. The van der Waals surface area contributed by atoms with Gasteiger partial charge in [-0.05, 0) is 31.2 Å². The predicted octanol–water partition coefficient (Wildman–Crippen LogP) is 2.22. The highest BCUT2D eigenvalue weighted by Crippen LogP contribution is 2.11. The van der Waals surface area contributed by atoms with Crippen LogP contribution in [0.1, 0.15) is 15.9 Å². The molecular weight excluding hydrogens is 214 g/mol. The molecule has 1 amide bonds. The molecular formula is C13H13N3O. The average molecular weight is 227 g/mol. The number of anilines is 2. The van der Waals surface area contributed by atoms with Crippen molar-refractivity contribution in [2.75, 3.05) is 11.1 Å². The van der Waals surface area contributed by atoms with Gasteiger partial charge in [-0.15, -0.1) is 0 Å². The smallest absolute Gasteiger partial charge is 0.255 e. The summed E-state index contributed by atoms with van der Waals surface area (Å²) in [6.07, 6.45) is 1.51. The first-order valence-corrected chi connectivity index (χ1v) is 5.25. The lowest BCUT2D eigenvalue weighted by Crippen LogP contribution is -2.12. The van der Waals surface area contributed by atoms with Crippen molar-refractivity contribution in [3.8, 4) is 0 Å². The number of benzene rings is 1. The van der Waals surface area contributed by atoms with Crippen molar-refractivity contribution in [3.63, 3.8) is 0 Å². The predicted molar refractivity (Wildman–Crippen MR) is 67.8 cm³/mol. The Balaban J connectivity index is 2.14. The number of amides is 1. The molecule has 0 fully saturated rings. The maximum Gasteiger partial charge on any atom is 0.255 e. The second kappa shape index (κ2) is 4.65. The van der Waals surface area contributed by atoms with E-state index >= 15 is 0 Å². The number of aromatic nitrogens is 1. The number of nitrogens with one attached hydrogen (secondary N) is 1. The number of aryl methyl sites for hydroxylation is 1. The van der Waals surface area contributed by atoms with Crippen molar-refractivity contribution in [2.24, 2.45) is 0 Å². The molecule has 0 saturated heterocycles. The Morgan fingerprint density at radius 1 is 1.24 bits per heavy atom. The minimum absolute atomic E-state index is 0.192. The van der Waals surface area contributed by atoms with E-state index in [1.54, 1.807) is 12.1 Å². The number of hydrogen-bond acceptors (Lipinski definition) is 3. The van der Waals surface area contributed by atoms with E-state index in [-0.39, 0.29) is 5.91 Å². The van der Waals surface area contributed by atoms with Crippen LogP contribution in [0.4, 0.5) is 11.5 Å². The Hall–Kier alpha value is -2.36. The zero-order valence-electron chi connectivity index (χ0n) is 9.47. The van der Waals surface area contributed by atoms with Gasteiger partial charge in [0.05, 0.1) is 0 Å². The summed E-state index contributed by atoms with van der Waals surface area (Å²) < 4.78 is 0. The van der Waals surface area contributed by atoms with Crippen molar-refractivity contribution in [1.82, 2.24) is 4.98 Å². The number of hydrogen-bond donors (Lipinski definition) is 2. The van der Waals surface area contributed by atoms with Crippen LogP contribution >= 0.6 is 0 Å². The van der Waals surface area contributed by atoms with Gasteiger partial charge in [0.25, 0.3) is 5.91 Å². The lowest BCUT2D eigenvalue weighted by Gasteiger charge is -2.05. The van der Waals surface area contributed by atoms with Gasteiger partial charge in [-0.25, -0.2) is 4.98 Å². The van der Waals surface area contributed by atoms with E-state index in [9.17, 15) is 4.79 Å². The van der Waals surface area contributed by atoms with E-state index in [0.717, 1.165) is 11.3 Å². The minimum Gasteiger partial charge on any atom is -0.384 e. The van der Waals surface area contributed by atoms with E-state index < -0.39 is 0 Å². The molecule has 0 aliphatic heterocycles. The number of carbonyl (C=O) groups is 1. The van der Waals surface area contributed by atoms with E-state index in [1.807, 2.05) is 31.2 Å². The van der Waals surface area contributed by atoms with E-state index in [2.05, 4.69) is 10.3 Å². The molecule has 0 atom stereocenters. The Morgan fingerprint density at radius 3 is 2.59 bits per heavy atom. The fourth-order valence-corrected chi connectivity index (χ4v) is 1.43. The summed E-state index contributed by atoms with van der Waals surface area (Å²) in [7, 11) is 0. The summed E-state index contributed by atoms with van der Waals surface area (Å²) in [5.41, 5.74) is 7.93. The monoisotopic (exact) mass is 227 g/mol. The molecule has 0 bridgehead atoms. The summed E-state index contributed by atoms with van der Waals surface area (Å²) in [5, 5.41) is 2.79. The first-order valence-electron chi connectivity index (χ1n) is 5.25. The average Bonchev–Trinajstić information content (AvgIpc) is 2.32.